The number of amides is 1. The standard InChI is InChI=1S/C20H22BrNO3/c1-2-25-18-9-4-3-8-17(18)19(23)22-20(10-12-24-13-11-20)15-6-5-7-16(21)14-15/h3-9,14H,2,10-13H2,1H3,(H,22,23). The molecule has 1 amide bonds. The molecule has 1 heterocycles. The number of benzene rings is 2. The Kier molecular flexibility index (Phi) is 5.76. The van der Waals surface area contributed by atoms with Crippen molar-refractivity contribution in [1.82, 2.24) is 5.32 Å². The van der Waals surface area contributed by atoms with E-state index in [0.29, 0.717) is 31.1 Å². The van der Waals surface area contributed by atoms with E-state index in [1.165, 1.54) is 0 Å². The zero-order valence-corrected chi connectivity index (χ0v) is 15.8. The molecule has 0 spiro atoms. The maximum atomic E-state index is 13.0. The average Bonchev–Trinajstić information content (AvgIpc) is 2.63. The number of carbonyl (C=O) groups excluding carboxylic acids is 1. The van der Waals surface area contributed by atoms with E-state index in [2.05, 4.69) is 33.4 Å². The Bertz CT molecular complexity index is 741. The number of hydrogen-bond donors (Lipinski definition) is 1. The first-order valence-corrected chi connectivity index (χ1v) is 9.32. The minimum atomic E-state index is -0.432. The molecular formula is C20H22BrNO3. The van der Waals surface area contributed by atoms with Crippen LogP contribution in [0, 0.1) is 0 Å². The highest BCUT2D eigenvalue weighted by Gasteiger charge is 2.36. The second kappa shape index (κ2) is 8.02. The van der Waals surface area contributed by atoms with Crippen molar-refractivity contribution in [3.8, 4) is 5.75 Å². The van der Waals surface area contributed by atoms with Gasteiger partial charge < -0.3 is 14.8 Å². The number of carbonyl (C=O) groups is 1. The summed E-state index contributed by atoms with van der Waals surface area (Å²) in [5.74, 6) is 0.491. The Morgan fingerprint density at radius 2 is 1.96 bits per heavy atom. The Labute approximate surface area is 156 Å². The van der Waals surface area contributed by atoms with Crippen LogP contribution in [0.15, 0.2) is 53.0 Å². The maximum absolute atomic E-state index is 13.0. The third-order valence-electron chi connectivity index (χ3n) is 4.51. The zero-order valence-electron chi connectivity index (χ0n) is 14.3. The van der Waals surface area contributed by atoms with Gasteiger partial charge in [0.1, 0.15) is 5.75 Å². The lowest BCUT2D eigenvalue weighted by Gasteiger charge is -2.38. The minimum Gasteiger partial charge on any atom is -0.493 e. The molecular weight excluding hydrogens is 382 g/mol. The molecule has 2 aromatic rings. The first-order chi connectivity index (χ1) is 12.1. The van der Waals surface area contributed by atoms with E-state index in [1.807, 2.05) is 37.3 Å². The lowest BCUT2D eigenvalue weighted by Crippen LogP contribution is -2.49. The number of nitrogens with one attached hydrogen (secondary N) is 1. The SMILES string of the molecule is CCOc1ccccc1C(=O)NC1(c2cccc(Br)c2)CCOCC1. The largest absolute Gasteiger partial charge is 0.493 e. The van der Waals surface area contributed by atoms with Crippen LogP contribution in [0.2, 0.25) is 0 Å². The molecule has 1 fully saturated rings. The van der Waals surface area contributed by atoms with Crippen LogP contribution in [0.5, 0.6) is 5.75 Å². The summed E-state index contributed by atoms with van der Waals surface area (Å²) >= 11 is 3.53. The van der Waals surface area contributed by atoms with Gasteiger partial charge in [0.15, 0.2) is 0 Å². The lowest BCUT2D eigenvalue weighted by atomic mass is 9.82. The molecule has 0 unspecified atom stereocenters. The summed E-state index contributed by atoms with van der Waals surface area (Å²) in [6, 6.07) is 15.5. The number of para-hydroxylation sites is 1. The van der Waals surface area contributed by atoms with Crippen LogP contribution in [-0.4, -0.2) is 25.7 Å². The van der Waals surface area contributed by atoms with Crippen molar-refractivity contribution in [1.29, 1.82) is 0 Å². The summed E-state index contributed by atoms with van der Waals surface area (Å²) in [4.78, 5) is 13.0. The predicted molar refractivity (Wildman–Crippen MR) is 101 cm³/mol. The third kappa shape index (κ3) is 4.05. The van der Waals surface area contributed by atoms with Crippen LogP contribution < -0.4 is 10.1 Å². The Hall–Kier alpha value is -1.85. The fourth-order valence-electron chi connectivity index (χ4n) is 3.21. The van der Waals surface area contributed by atoms with Gasteiger partial charge in [-0.25, -0.2) is 0 Å². The van der Waals surface area contributed by atoms with Crippen LogP contribution in [0.1, 0.15) is 35.7 Å². The fraction of sp³-hybridized carbons (Fsp3) is 0.350. The predicted octanol–water partition coefficient (Wildman–Crippen LogP) is 4.28. The number of ether oxygens (including phenoxy) is 2. The van der Waals surface area contributed by atoms with E-state index in [1.54, 1.807) is 6.07 Å². The van der Waals surface area contributed by atoms with E-state index in [4.69, 9.17) is 9.47 Å². The van der Waals surface area contributed by atoms with Crippen LogP contribution in [0.4, 0.5) is 0 Å². The zero-order chi connectivity index (χ0) is 17.7. The molecule has 2 aromatic carbocycles. The third-order valence-corrected chi connectivity index (χ3v) is 5.00. The Morgan fingerprint density at radius 1 is 1.20 bits per heavy atom. The summed E-state index contributed by atoms with van der Waals surface area (Å²) in [7, 11) is 0. The van der Waals surface area contributed by atoms with Crippen molar-refractivity contribution < 1.29 is 14.3 Å². The molecule has 1 N–H and O–H groups in total. The molecule has 25 heavy (non-hydrogen) atoms. The second-order valence-electron chi connectivity index (χ2n) is 6.09. The van der Waals surface area contributed by atoms with Gasteiger partial charge >= 0.3 is 0 Å². The van der Waals surface area contributed by atoms with E-state index in [9.17, 15) is 4.79 Å². The topological polar surface area (TPSA) is 47.6 Å². The summed E-state index contributed by atoms with van der Waals surface area (Å²) in [5, 5.41) is 3.27. The monoisotopic (exact) mass is 403 g/mol. The molecule has 4 nitrogen and oxygen atoms in total. The van der Waals surface area contributed by atoms with Crippen LogP contribution in [-0.2, 0) is 10.3 Å². The van der Waals surface area contributed by atoms with Gasteiger partial charge in [0, 0.05) is 17.7 Å². The number of halogens is 1. The van der Waals surface area contributed by atoms with Gasteiger partial charge in [-0.2, -0.15) is 0 Å². The van der Waals surface area contributed by atoms with Crippen LogP contribution in [0.3, 0.4) is 0 Å². The first kappa shape index (κ1) is 18.0. The molecule has 0 radical (unpaired) electrons. The molecule has 0 bridgehead atoms. The minimum absolute atomic E-state index is 0.120. The van der Waals surface area contributed by atoms with Crippen molar-refractivity contribution in [3.05, 3.63) is 64.1 Å². The highest BCUT2D eigenvalue weighted by molar-refractivity contribution is 9.10. The quantitative estimate of drug-likeness (QED) is 0.809. The normalized spacial score (nSPS) is 16.2. The maximum Gasteiger partial charge on any atom is 0.255 e. The van der Waals surface area contributed by atoms with E-state index in [0.717, 1.165) is 22.9 Å². The van der Waals surface area contributed by atoms with Gasteiger partial charge in [0.05, 0.1) is 17.7 Å². The lowest BCUT2D eigenvalue weighted by molar-refractivity contribution is 0.0344. The highest BCUT2D eigenvalue weighted by atomic mass is 79.9. The van der Waals surface area contributed by atoms with Crippen molar-refractivity contribution in [2.75, 3.05) is 19.8 Å². The number of rotatable bonds is 5. The molecule has 3 rings (SSSR count). The van der Waals surface area contributed by atoms with E-state index in [-0.39, 0.29) is 5.91 Å². The van der Waals surface area contributed by atoms with Gasteiger partial charge in [-0.1, -0.05) is 40.2 Å². The highest BCUT2D eigenvalue weighted by Crippen LogP contribution is 2.34. The number of hydrogen-bond acceptors (Lipinski definition) is 3. The summed E-state index contributed by atoms with van der Waals surface area (Å²) in [6.45, 7) is 3.69. The summed E-state index contributed by atoms with van der Waals surface area (Å²) < 4.78 is 12.2. The Balaban J connectivity index is 1.92. The van der Waals surface area contributed by atoms with Crippen LogP contribution >= 0.6 is 15.9 Å². The summed E-state index contributed by atoms with van der Waals surface area (Å²) in [5.41, 5.74) is 1.22. The molecule has 0 saturated carbocycles. The Morgan fingerprint density at radius 3 is 2.68 bits per heavy atom. The van der Waals surface area contributed by atoms with Gasteiger partial charge in [-0.15, -0.1) is 0 Å². The molecule has 1 saturated heterocycles. The molecule has 5 heteroatoms. The summed E-state index contributed by atoms with van der Waals surface area (Å²) in [6.07, 6.45) is 1.48. The van der Waals surface area contributed by atoms with Gasteiger partial charge in [-0.05, 0) is 49.6 Å². The van der Waals surface area contributed by atoms with Gasteiger partial charge in [-0.3, -0.25) is 4.79 Å². The fourth-order valence-corrected chi connectivity index (χ4v) is 3.61. The molecule has 132 valence electrons. The first-order valence-electron chi connectivity index (χ1n) is 8.53. The molecule has 0 aromatic heterocycles. The van der Waals surface area contributed by atoms with Crippen molar-refractivity contribution in [2.45, 2.75) is 25.3 Å². The van der Waals surface area contributed by atoms with E-state index < -0.39 is 5.54 Å². The van der Waals surface area contributed by atoms with E-state index >= 15 is 0 Å². The molecule has 0 aliphatic carbocycles. The van der Waals surface area contributed by atoms with Crippen molar-refractivity contribution in [3.63, 3.8) is 0 Å². The van der Waals surface area contributed by atoms with Crippen LogP contribution in [0.25, 0.3) is 0 Å². The molecule has 1 aliphatic rings. The molecule has 1 aliphatic heterocycles. The smallest absolute Gasteiger partial charge is 0.255 e. The van der Waals surface area contributed by atoms with Crippen molar-refractivity contribution >= 4 is 21.8 Å². The van der Waals surface area contributed by atoms with Crippen molar-refractivity contribution in [2.24, 2.45) is 0 Å². The second-order valence-corrected chi connectivity index (χ2v) is 7.00. The molecule has 0 atom stereocenters. The van der Waals surface area contributed by atoms with Gasteiger partial charge in [0.25, 0.3) is 5.91 Å². The average molecular weight is 404 g/mol. The van der Waals surface area contributed by atoms with Gasteiger partial charge in [0.2, 0.25) is 0 Å².